The number of esters is 1. The van der Waals surface area contributed by atoms with Gasteiger partial charge in [-0.15, -0.1) is 0 Å². The number of hydrogen-bond donors (Lipinski definition) is 0. The van der Waals surface area contributed by atoms with Crippen LogP contribution >= 0.6 is 23.5 Å². The van der Waals surface area contributed by atoms with E-state index in [1.54, 1.807) is 29.6 Å². The van der Waals surface area contributed by atoms with Gasteiger partial charge in [-0.3, -0.25) is 0 Å². The Kier molecular flexibility index (Phi) is 12.2. The molecule has 0 spiro atoms. The fraction of sp³-hybridized carbons (Fsp3) is 0.275. The molecule has 2 heterocycles. The maximum Gasteiger partial charge on any atom is 0.341 e. The molecule has 238 valence electrons. The first kappa shape index (κ1) is 34.9. The van der Waals surface area contributed by atoms with E-state index in [4.69, 9.17) is 9.15 Å². The van der Waals surface area contributed by atoms with E-state index in [1.807, 2.05) is 63.3 Å². The molecule has 0 unspecified atom stereocenters. The van der Waals surface area contributed by atoms with Gasteiger partial charge >= 0.3 is 11.6 Å². The number of thioether (sulfide) groups is 2. The highest BCUT2D eigenvalue weighted by atomic mass is 32.2. The summed E-state index contributed by atoms with van der Waals surface area (Å²) in [6, 6.07) is 4.34. The molecule has 4 nitrogen and oxygen atoms in total. The molecule has 0 fully saturated rings. The van der Waals surface area contributed by atoms with Gasteiger partial charge in [-0.2, -0.15) is 0 Å². The Morgan fingerprint density at radius 3 is 2.50 bits per heavy atom. The van der Waals surface area contributed by atoms with Crippen molar-refractivity contribution in [2.24, 2.45) is 0 Å². The first-order chi connectivity index (χ1) is 22.1. The van der Waals surface area contributed by atoms with E-state index in [0.717, 1.165) is 48.3 Å². The average molecular weight is 651 g/mol. The highest BCUT2D eigenvalue weighted by molar-refractivity contribution is 8.03. The van der Waals surface area contributed by atoms with Crippen LogP contribution in [-0.4, -0.2) is 5.97 Å². The van der Waals surface area contributed by atoms with Crippen LogP contribution in [0.15, 0.2) is 124 Å². The van der Waals surface area contributed by atoms with Crippen LogP contribution < -0.4 is 5.63 Å². The molecule has 1 aliphatic heterocycles. The van der Waals surface area contributed by atoms with E-state index >= 15 is 0 Å². The number of ether oxygens (including phenoxy) is 1. The van der Waals surface area contributed by atoms with Crippen LogP contribution in [0.1, 0.15) is 74.1 Å². The fourth-order valence-electron chi connectivity index (χ4n) is 4.97. The molecular weight excluding hydrogens is 609 g/mol. The second-order valence-electron chi connectivity index (χ2n) is 11.3. The highest BCUT2D eigenvalue weighted by Gasteiger charge is 2.30. The van der Waals surface area contributed by atoms with E-state index < -0.39 is 11.6 Å². The van der Waals surface area contributed by atoms with Crippen LogP contribution in [0.25, 0.3) is 6.08 Å². The van der Waals surface area contributed by atoms with Crippen molar-refractivity contribution in [1.29, 1.82) is 0 Å². The number of aryl methyl sites for hydroxylation is 3. The molecule has 0 radical (unpaired) electrons. The van der Waals surface area contributed by atoms with E-state index in [0.29, 0.717) is 29.1 Å². The summed E-state index contributed by atoms with van der Waals surface area (Å²) in [6.07, 6.45) is 20.5. The van der Waals surface area contributed by atoms with E-state index in [9.17, 15) is 9.59 Å². The van der Waals surface area contributed by atoms with E-state index in [2.05, 4.69) is 64.6 Å². The molecule has 0 saturated carbocycles. The van der Waals surface area contributed by atoms with Crippen molar-refractivity contribution < 1.29 is 13.9 Å². The summed E-state index contributed by atoms with van der Waals surface area (Å²) < 4.78 is 11.9. The molecule has 0 bridgehead atoms. The summed E-state index contributed by atoms with van der Waals surface area (Å²) in [5.74, 6) is 0.423. The molecule has 2 aromatic rings. The predicted molar refractivity (Wildman–Crippen MR) is 194 cm³/mol. The molecular formula is C40H42O4S2. The molecule has 0 N–H and O–H groups in total. The van der Waals surface area contributed by atoms with Crippen molar-refractivity contribution in [2.75, 3.05) is 0 Å². The van der Waals surface area contributed by atoms with Gasteiger partial charge in [-0.1, -0.05) is 90.4 Å². The number of hydrogen-bond acceptors (Lipinski definition) is 6. The van der Waals surface area contributed by atoms with Crippen LogP contribution in [0.4, 0.5) is 0 Å². The molecule has 6 heteroatoms. The zero-order valence-corrected chi connectivity index (χ0v) is 29.6. The molecule has 0 amide bonds. The van der Waals surface area contributed by atoms with Crippen molar-refractivity contribution in [1.82, 2.24) is 0 Å². The maximum absolute atomic E-state index is 14.0. The van der Waals surface area contributed by atoms with Crippen molar-refractivity contribution in [3.63, 3.8) is 0 Å². The topological polar surface area (TPSA) is 56.5 Å². The summed E-state index contributed by atoms with van der Waals surface area (Å²) in [7, 11) is 0. The number of fused-ring (bicyclic) bond motifs is 1. The van der Waals surface area contributed by atoms with Gasteiger partial charge in [0.1, 0.15) is 5.76 Å². The van der Waals surface area contributed by atoms with Crippen LogP contribution in [0, 0.1) is 27.7 Å². The second-order valence-corrected chi connectivity index (χ2v) is 13.6. The number of carbonyl (C=O) groups excluding carboxylic acids is 1. The van der Waals surface area contributed by atoms with Crippen molar-refractivity contribution in [3.8, 4) is 0 Å². The van der Waals surface area contributed by atoms with Gasteiger partial charge in [0.2, 0.25) is 0 Å². The average Bonchev–Trinajstić information content (AvgIpc) is 3.31. The molecule has 0 atom stereocenters. The Morgan fingerprint density at radius 2 is 1.78 bits per heavy atom. The normalized spacial score (nSPS) is 15.7. The number of rotatable bonds is 10. The summed E-state index contributed by atoms with van der Waals surface area (Å²) >= 11 is 3.14. The van der Waals surface area contributed by atoms with Crippen molar-refractivity contribution >= 4 is 35.6 Å². The van der Waals surface area contributed by atoms with Crippen LogP contribution in [0.2, 0.25) is 0 Å². The zero-order chi connectivity index (χ0) is 33.4. The lowest BCUT2D eigenvalue weighted by molar-refractivity contribution is -0.134. The minimum absolute atomic E-state index is 0.0785. The van der Waals surface area contributed by atoms with Gasteiger partial charge in [0, 0.05) is 38.7 Å². The Hall–Kier alpha value is -3.96. The van der Waals surface area contributed by atoms with Crippen molar-refractivity contribution in [3.05, 3.63) is 149 Å². The standard InChI is InChI=1S/C40H42O4S2/c1-9-12-14-18-34-29(8)38(45-31(11-3)20-25(4)10-2)33(40(42)43-34)24-32-37(46-36-22-27(6)26(5)21-28(36)7)23-30-17-15-13-16-19-35(30)44-39(32)41/h9-10,12-18,20-22H,11,23-24H2,1-8H3/b12-9-,18-14-,25-10-,31-20+. The quantitative estimate of drug-likeness (QED) is 0.110. The van der Waals surface area contributed by atoms with Crippen LogP contribution in [0.3, 0.4) is 0 Å². The SMILES string of the molecule is C/C=C\C=C/c1oc(=O)c(CC2=C(Sc3cc(C)c(C)cc3C)CC3=CC=CC=C=C3OC2=O)c(S/C(=C/C(C)=C\C)CC)c1C. The van der Waals surface area contributed by atoms with Gasteiger partial charge in [-0.05, 0) is 101 Å². The van der Waals surface area contributed by atoms with Crippen molar-refractivity contribution in [2.45, 2.75) is 84.4 Å². The maximum atomic E-state index is 14.0. The Morgan fingerprint density at radius 1 is 1.02 bits per heavy atom. The lowest BCUT2D eigenvalue weighted by Gasteiger charge is -2.17. The lowest BCUT2D eigenvalue weighted by Crippen LogP contribution is -2.17. The summed E-state index contributed by atoms with van der Waals surface area (Å²) in [6.45, 7) is 16.4. The Labute approximate surface area is 281 Å². The predicted octanol–water partition coefficient (Wildman–Crippen LogP) is 10.9. The largest absolute Gasteiger partial charge is 0.423 e. The lowest BCUT2D eigenvalue weighted by atomic mass is 10.0. The van der Waals surface area contributed by atoms with E-state index in [-0.39, 0.29) is 6.42 Å². The van der Waals surface area contributed by atoms with Gasteiger partial charge in [0.05, 0.1) is 11.1 Å². The zero-order valence-electron chi connectivity index (χ0n) is 28.0. The molecule has 46 heavy (non-hydrogen) atoms. The molecule has 0 saturated heterocycles. The Bertz CT molecular complexity index is 1880. The van der Waals surface area contributed by atoms with Gasteiger partial charge in [0.15, 0.2) is 5.76 Å². The first-order valence-corrected chi connectivity index (χ1v) is 17.2. The number of carbonyl (C=O) groups is 1. The van der Waals surface area contributed by atoms with E-state index in [1.165, 1.54) is 11.1 Å². The summed E-state index contributed by atoms with van der Waals surface area (Å²) in [5.41, 5.74) is 9.93. The fourth-order valence-corrected chi connectivity index (χ4v) is 7.38. The van der Waals surface area contributed by atoms with Gasteiger partial charge in [0.25, 0.3) is 0 Å². The molecule has 1 aromatic heterocycles. The minimum atomic E-state index is -0.480. The van der Waals surface area contributed by atoms with Crippen LogP contribution in [0.5, 0.6) is 0 Å². The first-order valence-electron chi connectivity index (χ1n) is 15.6. The molecule has 1 aromatic carbocycles. The second kappa shape index (κ2) is 16.0. The molecule has 2 aliphatic rings. The highest BCUT2D eigenvalue weighted by Crippen LogP contribution is 2.43. The number of benzene rings is 1. The van der Waals surface area contributed by atoms with Gasteiger partial charge in [-0.25, -0.2) is 9.59 Å². The van der Waals surface area contributed by atoms with Gasteiger partial charge < -0.3 is 9.15 Å². The third kappa shape index (κ3) is 8.44. The summed E-state index contributed by atoms with van der Waals surface area (Å²) in [4.78, 5) is 31.7. The molecule has 4 rings (SSSR count). The molecule has 1 aliphatic carbocycles. The minimum Gasteiger partial charge on any atom is -0.423 e. The third-order valence-electron chi connectivity index (χ3n) is 7.93. The third-order valence-corrected chi connectivity index (χ3v) is 10.6. The van der Waals surface area contributed by atoms with Crippen LogP contribution in [-0.2, 0) is 16.0 Å². The number of allylic oxidation sites excluding steroid dienone is 12. The summed E-state index contributed by atoms with van der Waals surface area (Å²) in [5, 5.41) is 0. The monoisotopic (exact) mass is 650 g/mol. The smallest absolute Gasteiger partial charge is 0.341 e. The Balaban J connectivity index is 1.94.